The van der Waals surface area contributed by atoms with E-state index in [1.807, 2.05) is 18.4 Å². The van der Waals surface area contributed by atoms with Gasteiger partial charge in [-0.3, -0.25) is 0 Å². The Labute approximate surface area is 114 Å². The van der Waals surface area contributed by atoms with E-state index in [1.54, 1.807) is 23.9 Å². The van der Waals surface area contributed by atoms with E-state index >= 15 is 0 Å². The number of hydrogen-bond acceptors (Lipinski definition) is 5. The number of anilines is 1. The molecule has 0 atom stereocenters. The molecule has 0 bridgehead atoms. The molecular formula is C13H12N2O3S. The second kappa shape index (κ2) is 5.62. The molecule has 0 radical (unpaired) electrons. The van der Waals surface area contributed by atoms with Crippen LogP contribution in [-0.2, 0) is 0 Å². The first kappa shape index (κ1) is 13.2. The predicted molar refractivity (Wildman–Crippen MR) is 73.9 cm³/mol. The zero-order valence-electron chi connectivity index (χ0n) is 10.2. The minimum atomic E-state index is -1.12. The third-order valence-electron chi connectivity index (χ3n) is 2.38. The maximum Gasteiger partial charge on any atom is 0.354 e. The maximum absolute atomic E-state index is 10.8. The van der Waals surface area contributed by atoms with Gasteiger partial charge in [-0.15, -0.1) is 11.8 Å². The fraction of sp³-hybridized carbons (Fsp3) is 0.0769. The lowest BCUT2D eigenvalue weighted by atomic mass is 10.3. The molecule has 6 heteroatoms. The molecule has 0 amide bonds. The number of aromatic nitrogens is 1. The molecule has 1 heterocycles. The van der Waals surface area contributed by atoms with Gasteiger partial charge in [-0.2, -0.15) is 0 Å². The molecule has 0 saturated carbocycles. The van der Waals surface area contributed by atoms with Crippen LogP contribution in [0.15, 0.2) is 41.3 Å². The molecule has 5 nitrogen and oxygen atoms in total. The summed E-state index contributed by atoms with van der Waals surface area (Å²) in [5, 5.41) is 8.87. The summed E-state index contributed by atoms with van der Waals surface area (Å²) >= 11 is 1.62. The zero-order valence-corrected chi connectivity index (χ0v) is 11.0. The van der Waals surface area contributed by atoms with Gasteiger partial charge in [0.05, 0.1) is 5.69 Å². The Hall–Kier alpha value is -2.21. The van der Waals surface area contributed by atoms with Crippen molar-refractivity contribution in [3.63, 3.8) is 0 Å². The number of nitrogen functional groups attached to an aromatic ring is 1. The van der Waals surface area contributed by atoms with Crippen LogP contribution in [0.4, 0.5) is 5.69 Å². The Morgan fingerprint density at radius 3 is 2.53 bits per heavy atom. The SMILES string of the molecule is CSc1ccc(Oc2nc(C(=O)O)ccc2N)cc1. The third kappa shape index (κ3) is 3.17. The lowest BCUT2D eigenvalue weighted by molar-refractivity contribution is 0.0689. The molecule has 2 rings (SSSR count). The van der Waals surface area contributed by atoms with Crippen LogP contribution < -0.4 is 10.5 Å². The first-order chi connectivity index (χ1) is 9.10. The average Bonchev–Trinajstić information content (AvgIpc) is 2.42. The van der Waals surface area contributed by atoms with Gasteiger partial charge >= 0.3 is 5.97 Å². The summed E-state index contributed by atoms with van der Waals surface area (Å²) in [6, 6.07) is 10.2. The van der Waals surface area contributed by atoms with Crippen LogP contribution in [0.1, 0.15) is 10.5 Å². The number of pyridine rings is 1. The summed E-state index contributed by atoms with van der Waals surface area (Å²) in [6.07, 6.45) is 1.98. The molecule has 1 aromatic carbocycles. The number of aromatic carboxylic acids is 1. The summed E-state index contributed by atoms with van der Waals surface area (Å²) in [5.74, 6) is -0.473. The van der Waals surface area contributed by atoms with Crippen molar-refractivity contribution in [2.24, 2.45) is 0 Å². The Bertz CT molecular complexity index is 599. The number of carboxylic acids is 1. The molecule has 0 aliphatic carbocycles. The molecule has 0 fully saturated rings. The molecular weight excluding hydrogens is 264 g/mol. The number of carbonyl (C=O) groups is 1. The highest BCUT2D eigenvalue weighted by Crippen LogP contribution is 2.27. The first-order valence-corrected chi connectivity index (χ1v) is 6.64. The van der Waals surface area contributed by atoms with Gasteiger partial charge in [0.15, 0.2) is 5.69 Å². The van der Waals surface area contributed by atoms with E-state index in [0.29, 0.717) is 11.4 Å². The van der Waals surface area contributed by atoms with E-state index in [2.05, 4.69) is 4.98 Å². The van der Waals surface area contributed by atoms with Crippen LogP contribution in [-0.4, -0.2) is 22.3 Å². The molecule has 0 unspecified atom stereocenters. The van der Waals surface area contributed by atoms with Crippen molar-refractivity contribution in [2.75, 3.05) is 12.0 Å². The van der Waals surface area contributed by atoms with Gasteiger partial charge in [0.25, 0.3) is 0 Å². The molecule has 0 saturated heterocycles. The number of rotatable bonds is 4. The van der Waals surface area contributed by atoms with Crippen LogP contribution in [0.5, 0.6) is 11.6 Å². The second-order valence-corrected chi connectivity index (χ2v) is 4.55. The van der Waals surface area contributed by atoms with Crippen molar-refractivity contribution in [1.29, 1.82) is 0 Å². The monoisotopic (exact) mass is 276 g/mol. The number of ether oxygens (including phenoxy) is 1. The number of hydrogen-bond donors (Lipinski definition) is 2. The normalized spacial score (nSPS) is 10.2. The van der Waals surface area contributed by atoms with Gasteiger partial charge < -0.3 is 15.6 Å². The van der Waals surface area contributed by atoms with Gasteiger partial charge in [-0.05, 0) is 42.7 Å². The molecule has 0 aliphatic heterocycles. The lowest BCUT2D eigenvalue weighted by Gasteiger charge is -2.08. The number of benzene rings is 1. The zero-order chi connectivity index (χ0) is 13.8. The minimum absolute atomic E-state index is 0.0943. The first-order valence-electron chi connectivity index (χ1n) is 5.42. The van der Waals surface area contributed by atoms with Gasteiger partial charge in [0, 0.05) is 4.90 Å². The van der Waals surface area contributed by atoms with Gasteiger partial charge in [0.1, 0.15) is 5.75 Å². The smallest absolute Gasteiger partial charge is 0.354 e. The summed E-state index contributed by atoms with van der Waals surface area (Å²) in [4.78, 5) is 15.8. The molecule has 0 aliphatic rings. The van der Waals surface area contributed by atoms with Crippen LogP contribution in [0.25, 0.3) is 0 Å². The highest BCUT2D eigenvalue weighted by molar-refractivity contribution is 7.98. The summed E-state index contributed by atoms with van der Waals surface area (Å²) in [5.41, 5.74) is 5.89. The molecule has 3 N–H and O–H groups in total. The number of nitrogens with two attached hydrogens (primary N) is 1. The van der Waals surface area contributed by atoms with Gasteiger partial charge in [-0.25, -0.2) is 9.78 Å². The Kier molecular flexibility index (Phi) is 3.91. The van der Waals surface area contributed by atoms with E-state index in [9.17, 15) is 4.79 Å². The van der Waals surface area contributed by atoms with E-state index in [1.165, 1.54) is 12.1 Å². The van der Waals surface area contributed by atoms with Crippen molar-refractivity contribution in [3.05, 3.63) is 42.1 Å². The second-order valence-electron chi connectivity index (χ2n) is 3.67. The van der Waals surface area contributed by atoms with E-state index in [-0.39, 0.29) is 11.6 Å². The quantitative estimate of drug-likeness (QED) is 0.835. The standard InChI is InChI=1S/C13H12N2O3S/c1-19-9-4-2-8(3-5-9)18-12-10(14)6-7-11(15-12)13(16)17/h2-7H,14H2,1H3,(H,16,17). The van der Waals surface area contributed by atoms with Crippen molar-refractivity contribution in [1.82, 2.24) is 4.98 Å². The van der Waals surface area contributed by atoms with E-state index in [4.69, 9.17) is 15.6 Å². The summed E-state index contributed by atoms with van der Waals surface area (Å²) in [6.45, 7) is 0. The summed E-state index contributed by atoms with van der Waals surface area (Å²) in [7, 11) is 0. The number of nitrogens with zero attached hydrogens (tertiary/aromatic N) is 1. The fourth-order valence-electron chi connectivity index (χ4n) is 1.41. The largest absolute Gasteiger partial charge is 0.477 e. The molecule has 19 heavy (non-hydrogen) atoms. The molecule has 2 aromatic rings. The lowest BCUT2D eigenvalue weighted by Crippen LogP contribution is -2.03. The van der Waals surface area contributed by atoms with Crippen molar-refractivity contribution in [3.8, 4) is 11.6 Å². The topological polar surface area (TPSA) is 85.4 Å². The highest BCUT2D eigenvalue weighted by Gasteiger charge is 2.10. The minimum Gasteiger partial charge on any atom is -0.477 e. The average molecular weight is 276 g/mol. The Morgan fingerprint density at radius 2 is 1.95 bits per heavy atom. The number of carboxylic acid groups (broad SMARTS) is 1. The van der Waals surface area contributed by atoms with E-state index in [0.717, 1.165) is 4.90 Å². The van der Waals surface area contributed by atoms with Gasteiger partial charge in [0.2, 0.25) is 5.88 Å². The molecule has 0 spiro atoms. The Morgan fingerprint density at radius 1 is 1.26 bits per heavy atom. The molecule has 1 aromatic heterocycles. The van der Waals surface area contributed by atoms with Crippen molar-refractivity contribution < 1.29 is 14.6 Å². The van der Waals surface area contributed by atoms with Crippen LogP contribution >= 0.6 is 11.8 Å². The Balaban J connectivity index is 2.26. The van der Waals surface area contributed by atoms with Crippen molar-refractivity contribution in [2.45, 2.75) is 4.90 Å². The molecule has 98 valence electrons. The third-order valence-corrected chi connectivity index (χ3v) is 3.13. The van der Waals surface area contributed by atoms with Crippen LogP contribution in [0.3, 0.4) is 0 Å². The van der Waals surface area contributed by atoms with Crippen LogP contribution in [0, 0.1) is 0 Å². The van der Waals surface area contributed by atoms with Crippen LogP contribution in [0.2, 0.25) is 0 Å². The predicted octanol–water partition coefficient (Wildman–Crippen LogP) is 2.88. The van der Waals surface area contributed by atoms with Gasteiger partial charge in [-0.1, -0.05) is 0 Å². The highest BCUT2D eigenvalue weighted by atomic mass is 32.2. The number of thioether (sulfide) groups is 1. The fourth-order valence-corrected chi connectivity index (χ4v) is 1.82. The van der Waals surface area contributed by atoms with Crippen molar-refractivity contribution >= 4 is 23.4 Å². The maximum atomic E-state index is 10.8. The summed E-state index contributed by atoms with van der Waals surface area (Å²) < 4.78 is 5.49. The van der Waals surface area contributed by atoms with E-state index < -0.39 is 5.97 Å².